The zero-order valence-electron chi connectivity index (χ0n) is 6.26. The molecule has 0 aromatic heterocycles. The molecule has 0 unspecified atom stereocenters. The van der Waals surface area contributed by atoms with E-state index in [0.29, 0.717) is 0 Å². The summed E-state index contributed by atoms with van der Waals surface area (Å²) in [6, 6.07) is -1.43. The largest absolute Gasteiger partial charge is 0.480 e. The molecule has 0 aromatic carbocycles. The molecule has 0 aromatic rings. The minimum Gasteiger partial charge on any atom is -0.480 e. The van der Waals surface area contributed by atoms with Crippen LogP contribution >= 0.6 is 0 Å². The van der Waals surface area contributed by atoms with Gasteiger partial charge in [0.15, 0.2) is 0 Å². The molecule has 0 saturated heterocycles. The van der Waals surface area contributed by atoms with Gasteiger partial charge in [-0.3, -0.25) is 9.35 Å². The molecule has 1 atom stereocenters. The van der Waals surface area contributed by atoms with Gasteiger partial charge in [0.25, 0.3) is 0 Å². The third-order valence-corrected chi connectivity index (χ3v) is 1.48. The van der Waals surface area contributed by atoms with Gasteiger partial charge in [-0.1, -0.05) is 12.2 Å². The van der Waals surface area contributed by atoms with Gasteiger partial charge in [-0.05, 0) is 6.92 Å². The Bertz CT molecular complexity index is 280. The molecule has 0 bridgehead atoms. The van der Waals surface area contributed by atoms with Crippen molar-refractivity contribution in [2.75, 3.05) is 0 Å². The molecular formula is C5H9NO5S. The van der Waals surface area contributed by atoms with Crippen LogP contribution in [0.15, 0.2) is 12.2 Å². The van der Waals surface area contributed by atoms with Crippen LogP contribution in [-0.4, -0.2) is 30.1 Å². The molecule has 0 saturated carbocycles. The smallest absolute Gasteiger partial charge is 0.334 e. The standard InChI is InChI=1S/C5H9NO5S/c1-2-3-4(5(7)8)6-12(9,10)11/h2-4,6H,1H3,(H,7,8)(H,9,10,11)/t4-/m0/s1. The van der Waals surface area contributed by atoms with Crippen LogP contribution in [0.25, 0.3) is 0 Å². The lowest BCUT2D eigenvalue weighted by atomic mass is 10.3. The third kappa shape index (κ3) is 4.83. The van der Waals surface area contributed by atoms with E-state index in [0.717, 1.165) is 6.08 Å². The zero-order chi connectivity index (χ0) is 9.78. The van der Waals surface area contributed by atoms with Crippen LogP contribution in [0.1, 0.15) is 6.92 Å². The second-order valence-corrected chi connectivity index (χ2v) is 3.12. The number of hydrogen-bond acceptors (Lipinski definition) is 3. The van der Waals surface area contributed by atoms with Crippen LogP contribution in [0.3, 0.4) is 0 Å². The Labute approximate surface area is 69.8 Å². The van der Waals surface area contributed by atoms with E-state index in [-0.39, 0.29) is 0 Å². The topological polar surface area (TPSA) is 104 Å². The average molecular weight is 195 g/mol. The molecule has 70 valence electrons. The summed E-state index contributed by atoms with van der Waals surface area (Å²) in [5.74, 6) is -1.38. The van der Waals surface area contributed by atoms with Gasteiger partial charge in [0.05, 0.1) is 0 Å². The minimum absolute atomic E-state index is 1.09. The van der Waals surface area contributed by atoms with Crippen molar-refractivity contribution in [2.45, 2.75) is 13.0 Å². The number of allylic oxidation sites excluding steroid dienone is 1. The maximum Gasteiger partial charge on any atom is 0.334 e. The SMILES string of the molecule is CC=C[C@H](NS(=O)(=O)O)C(=O)O. The second-order valence-electron chi connectivity index (χ2n) is 1.93. The van der Waals surface area contributed by atoms with Crippen molar-refractivity contribution in [2.24, 2.45) is 0 Å². The fourth-order valence-electron chi connectivity index (χ4n) is 0.525. The van der Waals surface area contributed by atoms with Crippen LogP contribution in [-0.2, 0) is 15.1 Å². The normalized spacial score (nSPS) is 14.8. The van der Waals surface area contributed by atoms with E-state index < -0.39 is 22.3 Å². The molecule has 3 N–H and O–H groups in total. The van der Waals surface area contributed by atoms with Crippen molar-refractivity contribution in [1.29, 1.82) is 0 Å². The Hall–Kier alpha value is -0.920. The zero-order valence-corrected chi connectivity index (χ0v) is 7.08. The van der Waals surface area contributed by atoms with Crippen molar-refractivity contribution >= 4 is 16.3 Å². The van der Waals surface area contributed by atoms with Crippen molar-refractivity contribution in [3.63, 3.8) is 0 Å². The predicted octanol–water partition coefficient (Wildman–Crippen LogP) is -0.592. The molecule has 0 radical (unpaired) electrons. The minimum atomic E-state index is -4.47. The molecule has 0 fully saturated rings. The summed E-state index contributed by atoms with van der Waals surface area (Å²) in [6.45, 7) is 1.53. The van der Waals surface area contributed by atoms with Crippen molar-refractivity contribution < 1.29 is 22.9 Å². The van der Waals surface area contributed by atoms with E-state index in [1.165, 1.54) is 17.7 Å². The molecule has 0 aliphatic carbocycles. The summed E-state index contributed by atoms with van der Waals surface area (Å²) in [6.07, 6.45) is 2.45. The fourth-order valence-corrected chi connectivity index (χ4v) is 1.03. The highest BCUT2D eigenvalue weighted by Crippen LogP contribution is 1.89. The molecule has 0 rings (SSSR count). The van der Waals surface area contributed by atoms with Gasteiger partial charge in [0.2, 0.25) is 0 Å². The fraction of sp³-hybridized carbons (Fsp3) is 0.400. The van der Waals surface area contributed by atoms with Crippen LogP contribution < -0.4 is 4.72 Å². The summed E-state index contributed by atoms with van der Waals surface area (Å²) >= 11 is 0. The molecule has 7 heteroatoms. The highest BCUT2D eigenvalue weighted by atomic mass is 32.2. The Kier molecular flexibility index (Phi) is 3.87. The van der Waals surface area contributed by atoms with E-state index in [1.807, 2.05) is 0 Å². The molecule has 0 aliphatic rings. The number of nitrogens with one attached hydrogen (secondary N) is 1. The van der Waals surface area contributed by atoms with Crippen LogP contribution in [0.5, 0.6) is 0 Å². The maximum absolute atomic E-state index is 10.3. The van der Waals surface area contributed by atoms with Gasteiger partial charge in [-0.2, -0.15) is 13.1 Å². The molecule has 12 heavy (non-hydrogen) atoms. The van der Waals surface area contributed by atoms with Gasteiger partial charge >= 0.3 is 16.3 Å². The van der Waals surface area contributed by atoms with Gasteiger partial charge in [-0.15, -0.1) is 0 Å². The molecule has 0 spiro atoms. The summed E-state index contributed by atoms with van der Waals surface area (Å²) in [4.78, 5) is 10.3. The van der Waals surface area contributed by atoms with Crippen molar-refractivity contribution in [1.82, 2.24) is 4.72 Å². The predicted molar refractivity (Wildman–Crippen MR) is 40.9 cm³/mol. The lowest BCUT2D eigenvalue weighted by Crippen LogP contribution is -2.38. The number of carbonyl (C=O) groups is 1. The lowest BCUT2D eigenvalue weighted by molar-refractivity contribution is -0.137. The van der Waals surface area contributed by atoms with E-state index >= 15 is 0 Å². The van der Waals surface area contributed by atoms with Crippen molar-refractivity contribution in [3.8, 4) is 0 Å². The van der Waals surface area contributed by atoms with E-state index in [9.17, 15) is 13.2 Å². The average Bonchev–Trinajstić information content (AvgIpc) is 1.83. The first kappa shape index (κ1) is 11.1. The van der Waals surface area contributed by atoms with E-state index in [4.69, 9.17) is 9.66 Å². The molecule has 6 nitrogen and oxygen atoms in total. The lowest BCUT2D eigenvalue weighted by Gasteiger charge is -2.05. The molecule has 0 aliphatic heterocycles. The molecule has 0 heterocycles. The van der Waals surface area contributed by atoms with E-state index in [2.05, 4.69) is 0 Å². The number of aliphatic carboxylic acids is 1. The van der Waals surface area contributed by atoms with Gasteiger partial charge in [0.1, 0.15) is 6.04 Å². The van der Waals surface area contributed by atoms with Gasteiger partial charge in [0, 0.05) is 0 Å². The highest BCUT2D eigenvalue weighted by Gasteiger charge is 2.18. The summed E-state index contributed by atoms with van der Waals surface area (Å²) < 4.78 is 30.1. The summed E-state index contributed by atoms with van der Waals surface area (Å²) in [7, 11) is -4.47. The van der Waals surface area contributed by atoms with Crippen molar-refractivity contribution in [3.05, 3.63) is 12.2 Å². The molecular weight excluding hydrogens is 186 g/mol. The summed E-state index contributed by atoms with van der Waals surface area (Å²) in [5.41, 5.74) is 0. The Morgan fingerprint density at radius 2 is 2.08 bits per heavy atom. The molecule has 0 amide bonds. The number of carboxylic acids is 1. The number of carboxylic acid groups (broad SMARTS) is 1. The second kappa shape index (κ2) is 4.19. The Balaban J connectivity index is 4.46. The first-order valence-corrected chi connectivity index (χ1v) is 4.41. The monoisotopic (exact) mass is 195 g/mol. The maximum atomic E-state index is 10.3. The van der Waals surface area contributed by atoms with Crippen LogP contribution in [0.2, 0.25) is 0 Å². The third-order valence-electron chi connectivity index (χ3n) is 0.927. The summed E-state index contributed by atoms with van der Waals surface area (Å²) in [5, 5.41) is 8.38. The number of hydrogen-bond donors (Lipinski definition) is 3. The highest BCUT2D eigenvalue weighted by molar-refractivity contribution is 7.83. The van der Waals surface area contributed by atoms with E-state index in [1.54, 1.807) is 0 Å². The van der Waals surface area contributed by atoms with Gasteiger partial charge < -0.3 is 5.11 Å². The number of rotatable bonds is 4. The quantitative estimate of drug-likeness (QED) is 0.411. The van der Waals surface area contributed by atoms with Crippen LogP contribution in [0, 0.1) is 0 Å². The van der Waals surface area contributed by atoms with Crippen LogP contribution in [0.4, 0.5) is 0 Å². The Morgan fingerprint density at radius 1 is 1.58 bits per heavy atom. The first-order valence-electron chi connectivity index (χ1n) is 2.97. The first-order chi connectivity index (χ1) is 5.37. The van der Waals surface area contributed by atoms with Gasteiger partial charge in [-0.25, -0.2) is 0 Å². The Morgan fingerprint density at radius 3 is 2.33 bits per heavy atom.